The van der Waals surface area contributed by atoms with Gasteiger partial charge in [-0.1, -0.05) is 24.3 Å². The molecular weight excluding hydrogens is 238 g/mol. The molecule has 0 aliphatic rings. The van der Waals surface area contributed by atoms with Gasteiger partial charge in [0.15, 0.2) is 0 Å². The maximum atomic E-state index is 5.48. The number of anilines is 1. The molecule has 0 unspecified atom stereocenters. The van der Waals surface area contributed by atoms with Crippen LogP contribution in [-0.2, 0) is 6.54 Å². The SMILES string of the molecule is CCOc1cccc(NCc2ccccc2OC)c1. The number of para-hydroxylation sites is 1. The van der Waals surface area contributed by atoms with Crippen molar-refractivity contribution >= 4 is 5.69 Å². The first kappa shape index (κ1) is 13.3. The first-order chi connectivity index (χ1) is 9.33. The maximum absolute atomic E-state index is 5.48. The second kappa shape index (κ2) is 6.69. The van der Waals surface area contributed by atoms with Gasteiger partial charge in [0.05, 0.1) is 13.7 Å². The molecule has 0 spiro atoms. The lowest BCUT2D eigenvalue weighted by Gasteiger charge is -2.11. The van der Waals surface area contributed by atoms with E-state index >= 15 is 0 Å². The van der Waals surface area contributed by atoms with E-state index in [0.29, 0.717) is 6.61 Å². The van der Waals surface area contributed by atoms with Gasteiger partial charge in [-0.05, 0) is 25.1 Å². The second-order valence-electron chi connectivity index (χ2n) is 4.13. The molecule has 0 amide bonds. The van der Waals surface area contributed by atoms with E-state index in [4.69, 9.17) is 9.47 Å². The Morgan fingerprint density at radius 3 is 2.68 bits per heavy atom. The van der Waals surface area contributed by atoms with Crippen molar-refractivity contribution < 1.29 is 9.47 Å². The van der Waals surface area contributed by atoms with E-state index in [1.165, 1.54) is 0 Å². The van der Waals surface area contributed by atoms with Crippen molar-refractivity contribution in [1.29, 1.82) is 0 Å². The maximum Gasteiger partial charge on any atom is 0.123 e. The van der Waals surface area contributed by atoms with Crippen LogP contribution >= 0.6 is 0 Å². The average molecular weight is 257 g/mol. The van der Waals surface area contributed by atoms with Crippen LogP contribution in [0.5, 0.6) is 11.5 Å². The zero-order chi connectivity index (χ0) is 13.5. The Balaban J connectivity index is 2.03. The van der Waals surface area contributed by atoms with Gasteiger partial charge in [-0.3, -0.25) is 0 Å². The van der Waals surface area contributed by atoms with Crippen molar-refractivity contribution in [3.8, 4) is 11.5 Å². The van der Waals surface area contributed by atoms with Crippen LogP contribution < -0.4 is 14.8 Å². The Morgan fingerprint density at radius 1 is 1.05 bits per heavy atom. The summed E-state index contributed by atoms with van der Waals surface area (Å²) in [4.78, 5) is 0. The summed E-state index contributed by atoms with van der Waals surface area (Å²) in [7, 11) is 1.69. The van der Waals surface area contributed by atoms with E-state index in [9.17, 15) is 0 Å². The van der Waals surface area contributed by atoms with Crippen molar-refractivity contribution in [2.75, 3.05) is 19.0 Å². The van der Waals surface area contributed by atoms with E-state index < -0.39 is 0 Å². The molecule has 0 atom stereocenters. The fraction of sp³-hybridized carbons (Fsp3) is 0.250. The molecule has 19 heavy (non-hydrogen) atoms. The van der Waals surface area contributed by atoms with Gasteiger partial charge >= 0.3 is 0 Å². The molecular formula is C16H19NO2. The Kier molecular flexibility index (Phi) is 4.67. The predicted octanol–water partition coefficient (Wildman–Crippen LogP) is 3.71. The Hall–Kier alpha value is -2.16. The van der Waals surface area contributed by atoms with Crippen LogP contribution in [-0.4, -0.2) is 13.7 Å². The summed E-state index contributed by atoms with van der Waals surface area (Å²) in [5.74, 6) is 1.78. The minimum atomic E-state index is 0.677. The third-order valence-electron chi connectivity index (χ3n) is 2.82. The van der Waals surface area contributed by atoms with E-state index in [-0.39, 0.29) is 0 Å². The zero-order valence-corrected chi connectivity index (χ0v) is 11.3. The van der Waals surface area contributed by atoms with Gasteiger partial charge in [-0.2, -0.15) is 0 Å². The Labute approximate surface area is 114 Å². The summed E-state index contributed by atoms with van der Waals surface area (Å²) >= 11 is 0. The van der Waals surface area contributed by atoms with Crippen molar-refractivity contribution in [3.63, 3.8) is 0 Å². The number of ether oxygens (including phenoxy) is 2. The molecule has 0 aromatic heterocycles. The molecule has 1 N–H and O–H groups in total. The van der Waals surface area contributed by atoms with E-state index in [0.717, 1.165) is 29.3 Å². The lowest BCUT2D eigenvalue weighted by Crippen LogP contribution is -2.02. The summed E-state index contributed by atoms with van der Waals surface area (Å²) in [6.45, 7) is 3.38. The van der Waals surface area contributed by atoms with Crippen LogP contribution in [0.25, 0.3) is 0 Å². The van der Waals surface area contributed by atoms with Gasteiger partial charge in [0, 0.05) is 23.9 Å². The largest absolute Gasteiger partial charge is 0.496 e. The summed E-state index contributed by atoms with van der Waals surface area (Å²) in [6, 6.07) is 16.0. The van der Waals surface area contributed by atoms with Crippen molar-refractivity contribution in [3.05, 3.63) is 54.1 Å². The topological polar surface area (TPSA) is 30.5 Å². The first-order valence-electron chi connectivity index (χ1n) is 6.42. The Bertz CT molecular complexity index is 526. The van der Waals surface area contributed by atoms with Crippen LogP contribution in [0.4, 0.5) is 5.69 Å². The molecule has 0 bridgehead atoms. The third-order valence-corrected chi connectivity index (χ3v) is 2.82. The first-order valence-corrected chi connectivity index (χ1v) is 6.42. The third kappa shape index (κ3) is 3.65. The number of hydrogen-bond acceptors (Lipinski definition) is 3. The summed E-state index contributed by atoms with van der Waals surface area (Å²) < 4.78 is 10.8. The van der Waals surface area contributed by atoms with Crippen molar-refractivity contribution in [2.45, 2.75) is 13.5 Å². The number of hydrogen-bond donors (Lipinski definition) is 1. The monoisotopic (exact) mass is 257 g/mol. The molecule has 2 rings (SSSR count). The van der Waals surface area contributed by atoms with Crippen LogP contribution in [0, 0.1) is 0 Å². The molecule has 100 valence electrons. The smallest absolute Gasteiger partial charge is 0.123 e. The van der Waals surface area contributed by atoms with Crippen LogP contribution in [0.2, 0.25) is 0 Å². The van der Waals surface area contributed by atoms with Gasteiger partial charge in [0.25, 0.3) is 0 Å². The normalized spacial score (nSPS) is 10.0. The molecule has 3 heteroatoms. The molecule has 0 saturated carbocycles. The van der Waals surface area contributed by atoms with Crippen molar-refractivity contribution in [2.24, 2.45) is 0 Å². The number of rotatable bonds is 6. The standard InChI is InChI=1S/C16H19NO2/c1-3-19-15-9-6-8-14(11-15)17-12-13-7-4-5-10-16(13)18-2/h4-11,17H,3,12H2,1-2H3. The average Bonchev–Trinajstić information content (AvgIpc) is 2.46. The highest BCUT2D eigenvalue weighted by molar-refractivity contribution is 5.49. The molecule has 2 aromatic rings. The fourth-order valence-corrected chi connectivity index (χ4v) is 1.91. The highest BCUT2D eigenvalue weighted by atomic mass is 16.5. The van der Waals surface area contributed by atoms with Gasteiger partial charge in [0.2, 0.25) is 0 Å². The van der Waals surface area contributed by atoms with Gasteiger partial charge in [0.1, 0.15) is 11.5 Å². The molecule has 0 saturated heterocycles. The van der Waals surface area contributed by atoms with Crippen LogP contribution in [0.15, 0.2) is 48.5 Å². The van der Waals surface area contributed by atoms with Gasteiger partial charge < -0.3 is 14.8 Å². The second-order valence-corrected chi connectivity index (χ2v) is 4.13. The summed E-state index contributed by atoms with van der Waals surface area (Å²) in [5, 5.41) is 3.37. The lowest BCUT2D eigenvalue weighted by molar-refractivity contribution is 0.340. The van der Waals surface area contributed by atoms with E-state index in [1.807, 2.05) is 49.4 Å². The molecule has 0 aliphatic carbocycles. The van der Waals surface area contributed by atoms with Gasteiger partial charge in [-0.15, -0.1) is 0 Å². The highest BCUT2D eigenvalue weighted by Gasteiger charge is 2.01. The van der Waals surface area contributed by atoms with Crippen LogP contribution in [0.3, 0.4) is 0 Å². The van der Waals surface area contributed by atoms with E-state index in [1.54, 1.807) is 7.11 Å². The molecule has 0 radical (unpaired) electrons. The minimum Gasteiger partial charge on any atom is -0.496 e. The van der Waals surface area contributed by atoms with E-state index in [2.05, 4.69) is 11.4 Å². The minimum absolute atomic E-state index is 0.677. The number of benzene rings is 2. The number of nitrogens with one attached hydrogen (secondary N) is 1. The summed E-state index contributed by atoms with van der Waals surface area (Å²) in [5.41, 5.74) is 2.17. The lowest BCUT2D eigenvalue weighted by atomic mass is 10.2. The molecule has 0 heterocycles. The number of methoxy groups -OCH3 is 1. The molecule has 3 nitrogen and oxygen atoms in total. The molecule has 0 aliphatic heterocycles. The highest BCUT2D eigenvalue weighted by Crippen LogP contribution is 2.21. The van der Waals surface area contributed by atoms with Crippen molar-refractivity contribution in [1.82, 2.24) is 0 Å². The summed E-state index contributed by atoms with van der Waals surface area (Å²) in [6.07, 6.45) is 0. The fourth-order valence-electron chi connectivity index (χ4n) is 1.91. The predicted molar refractivity (Wildman–Crippen MR) is 77.9 cm³/mol. The zero-order valence-electron chi connectivity index (χ0n) is 11.3. The van der Waals surface area contributed by atoms with Gasteiger partial charge in [-0.25, -0.2) is 0 Å². The quantitative estimate of drug-likeness (QED) is 0.855. The molecule has 0 fully saturated rings. The Morgan fingerprint density at radius 2 is 1.89 bits per heavy atom. The van der Waals surface area contributed by atoms with Crippen LogP contribution in [0.1, 0.15) is 12.5 Å². The molecule has 2 aromatic carbocycles.